The average molecular weight is 258 g/mol. The molecule has 0 rings (SSSR count). The van der Waals surface area contributed by atoms with Crippen molar-refractivity contribution in [1.29, 1.82) is 0 Å². The minimum atomic E-state index is -0.992. The van der Waals surface area contributed by atoms with Gasteiger partial charge in [0.25, 0.3) is 0 Å². The van der Waals surface area contributed by atoms with Crippen molar-refractivity contribution >= 4 is 12.0 Å². The van der Waals surface area contributed by atoms with E-state index < -0.39 is 12.0 Å². The van der Waals surface area contributed by atoms with Gasteiger partial charge in [-0.1, -0.05) is 40.0 Å². The lowest BCUT2D eigenvalue weighted by Gasteiger charge is -2.20. The molecule has 0 spiro atoms. The lowest BCUT2D eigenvalue weighted by molar-refractivity contribution is -0.139. The van der Waals surface area contributed by atoms with Crippen LogP contribution in [0, 0.1) is 0 Å². The molecule has 0 aliphatic rings. The molecule has 0 aromatic heterocycles. The molecule has 0 radical (unpaired) electrons. The highest BCUT2D eigenvalue weighted by atomic mass is 16.4. The first-order valence-corrected chi connectivity index (χ1v) is 6.84. The molecule has 2 atom stereocenters. The Kier molecular flexibility index (Phi) is 9.06. The number of amides is 2. The van der Waals surface area contributed by atoms with Crippen LogP contribution >= 0.6 is 0 Å². The molecule has 0 saturated heterocycles. The maximum atomic E-state index is 11.7. The summed E-state index contributed by atoms with van der Waals surface area (Å²) in [5.74, 6) is -0.992. The molecule has 0 aromatic carbocycles. The van der Waals surface area contributed by atoms with Crippen molar-refractivity contribution in [2.75, 3.05) is 0 Å². The van der Waals surface area contributed by atoms with Crippen molar-refractivity contribution in [2.24, 2.45) is 0 Å². The van der Waals surface area contributed by atoms with Gasteiger partial charge < -0.3 is 15.7 Å². The van der Waals surface area contributed by atoms with Crippen LogP contribution in [0.1, 0.15) is 59.3 Å². The third-order valence-corrected chi connectivity index (χ3v) is 2.89. The summed E-state index contributed by atoms with van der Waals surface area (Å²) in [4.78, 5) is 22.5. The van der Waals surface area contributed by atoms with Crippen molar-refractivity contribution < 1.29 is 14.7 Å². The van der Waals surface area contributed by atoms with Crippen molar-refractivity contribution in [3.05, 3.63) is 0 Å². The smallest absolute Gasteiger partial charge is 0.326 e. The predicted octanol–water partition coefficient (Wildman–Crippen LogP) is 2.51. The summed E-state index contributed by atoms with van der Waals surface area (Å²) in [6.07, 6.45) is 5.43. The SMILES string of the molecule is CCCCC(CCC)NC(=O)N[C@@H](CC)C(=O)O. The fourth-order valence-electron chi connectivity index (χ4n) is 1.81. The first-order chi connectivity index (χ1) is 8.54. The fraction of sp³-hybridized carbons (Fsp3) is 0.846. The van der Waals surface area contributed by atoms with Gasteiger partial charge in [0.15, 0.2) is 0 Å². The zero-order valence-electron chi connectivity index (χ0n) is 11.7. The molecule has 106 valence electrons. The number of carboxylic acid groups (broad SMARTS) is 1. The summed E-state index contributed by atoms with van der Waals surface area (Å²) >= 11 is 0. The highest BCUT2D eigenvalue weighted by Gasteiger charge is 2.19. The molecule has 0 aromatic rings. The van der Waals surface area contributed by atoms with Gasteiger partial charge in [-0.2, -0.15) is 0 Å². The lowest BCUT2D eigenvalue weighted by atomic mass is 10.1. The van der Waals surface area contributed by atoms with E-state index in [1.807, 2.05) is 0 Å². The van der Waals surface area contributed by atoms with Gasteiger partial charge in [-0.15, -0.1) is 0 Å². The number of hydrogen-bond donors (Lipinski definition) is 3. The number of carbonyl (C=O) groups is 2. The van der Waals surface area contributed by atoms with Gasteiger partial charge in [0.1, 0.15) is 6.04 Å². The van der Waals surface area contributed by atoms with E-state index in [9.17, 15) is 9.59 Å². The third kappa shape index (κ3) is 7.14. The van der Waals surface area contributed by atoms with E-state index in [2.05, 4.69) is 24.5 Å². The number of carboxylic acids is 1. The first-order valence-electron chi connectivity index (χ1n) is 6.84. The number of unbranched alkanes of at least 4 members (excludes halogenated alkanes) is 1. The van der Waals surface area contributed by atoms with Gasteiger partial charge in [0, 0.05) is 6.04 Å². The van der Waals surface area contributed by atoms with E-state index in [4.69, 9.17) is 5.11 Å². The standard InChI is InChI=1S/C13H26N2O3/c1-4-7-9-10(8-5-2)14-13(18)15-11(6-3)12(16)17/h10-11H,4-9H2,1-3H3,(H,16,17)(H2,14,15,18)/t10?,11-/m0/s1. The Hall–Kier alpha value is -1.26. The van der Waals surface area contributed by atoms with Crippen LogP contribution in [0.3, 0.4) is 0 Å². The van der Waals surface area contributed by atoms with Crippen LogP contribution in [0.15, 0.2) is 0 Å². The van der Waals surface area contributed by atoms with Crippen LogP contribution in [-0.4, -0.2) is 29.2 Å². The molecule has 5 nitrogen and oxygen atoms in total. The summed E-state index contributed by atoms with van der Waals surface area (Å²) in [5, 5.41) is 14.2. The molecular weight excluding hydrogens is 232 g/mol. The molecule has 1 unspecified atom stereocenters. The molecule has 0 heterocycles. The fourth-order valence-corrected chi connectivity index (χ4v) is 1.81. The molecule has 0 aliphatic carbocycles. The van der Waals surface area contributed by atoms with Crippen LogP contribution in [0.25, 0.3) is 0 Å². The van der Waals surface area contributed by atoms with Gasteiger partial charge in [-0.3, -0.25) is 0 Å². The topological polar surface area (TPSA) is 78.4 Å². The number of aliphatic carboxylic acids is 1. The van der Waals surface area contributed by atoms with E-state index in [1.54, 1.807) is 6.92 Å². The van der Waals surface area contributed by atoms with Gasteiger partial charge >= 0.3 is 12.0 Å². The number of carbonyl (C=O) groups excluding carboxylic acids is 1. The van der Waals surface area contributed by atoms with Crippen LogP contribution in [-0.2, 0) is 4.79 Å². The molecule has 0 bridgehead atoms. The molecular formula is C13H26N2O3. The molecule has 3 N–H and O–H groups in total. The average Bonchev–Trinajstić information content (AvgIpc) is 2.32. The molecule has 5 heteroatoms. The number of hydrogen-bond acceptors (Lipinski definition) is 2. The highest BCUT2D eigenvalue weighted by Crippen LogP contribution is 2.06. The molecule has 2 amide bonds. The quantitative estimate of drug-likeness (QED) is 0.594. The largest absolute Gasteiger partial charge is 0.480 e. The number of nitrogens with one attached hydrogen (secondary N) is 2. The summed E-state index contributed by atoms with van der Waals surface area (Å²) in [5.41, 5.74) is 0. The maximum Gasteiger partial charge on any atom is 0.326 e. The van der Waals surface area contributed by atoms with Gasteiger partial charge in [0.2, 0.25) is 0 Å². The second-order valence-corrected chi connectivity index (χ2v) is 4.54. The normalized spacial score (nSPS) is 13.7. The van der Waals surface area contributed by atoms with E-state index in [0.29, 0.717) is 6.42 Å². The van der Waals surface area contributed by atoms with Gasteiger partial charge in [-0.05, 0) is 19.3 Å². The van der Waals surface area contributed by atoms with E-state index >= 15 is 0 Å². The summed E-state index contributed by atoms with van der Waals surface area (Å²) < 4.78 is 0. The van der Waals surface area contributed by atoms with Crippen LogP contribution in [0.2, 0.25) is 0 Å². The Bertz CT molecular complexity index is 257. The zero-order valence-corrected chi connectivity index (χ0v) is 11.7. The first kappa shape index (κ1) is 16.7. The van der Waals surface area contributed by atoms with Gasteiger partial charge in [0.05, 0.1) is 0 Å². The summed E-state index contributed by atoms with van der Waals surface area (Å²) in [6, 6.07) is -1.04. The minimum absolute atomic E-state index is 0.140. The van der Waals surface area contributed by atoms with E-state index in [-0.39, 0.29) is 12.1 Å². The highest BCUT2D eigenvalue weighted by molar-refractivity contribution is 5.82. The van der Waals surface area contributed by atoms with Crippen molar-refractivity contribution in [1.82, 2.24) is 10.6 Å². The second kappa shape index (κ2) is 9.74. The monoisotopic (exact) mass is 258 g/mol. The Balaban J connectivity index is 4.18. The molecule has 18 heavy (non-hydrogen) atoms. The Labute approximate surface area is 109 Å². The molecule has 0 saturated carbocycles. The van der Waals surface area contributed by atoms with Crippen LogP contribution < -0.4 is 10.6 Å². The summed E-state index contributed by atoms with van der Waals surface area (Å²) in [7, 11) is 0. The number of urea groups is 1. The van der Waals surface area contributed by atoms with Crippen molar-refractivity contribution in [3.8, 4) is 0 Å². The van der Waals surface area contributed by atoms with E-state index in [0.717, 1.165) is 32.1 Å². The van der Waals surface area contributed by atoms with Crippen molar-refractivity contribution in [2.45, 2.75) is 71.4 Å². The summed E-state index contributed by atoms with van der Waals surface area (Å²) in [6.45, 7) is 5.92. The second-order valence-electron chi connectivity index (χ2n) is 4.54. The van der Waals surface area contributed by atoms with Crippen LogP contribution in [0.4, 0.5) is 4.79 Å². The third-order valence-electron chi connectivity index (χ3n) is 2.89. The Morgan fingerprint density at radius 2 is 1.72 bits per heavy atom. The number of rotatable bonds is 9. The maximum absolute atomic E-state index is 11.7. The van der Waals surface area contributed by atoms with Crippen LogP contribution in [0.5, 0.6) is 0 Å². The van der Waals surface area contributed by atoms with Gasteiger partial charge in [-0.25, -0.2) is 9.59 Å². The van der Waals surface area contributed by atoms with Crippen molar-refractivity contribution in [3.63, 3.8) is 0 Å². The van der Waals surface area contributed by atoms with E-state index in [1.165, 1.54) is 0 Å². The Morgan fingerprint density at radius 3 is 2.17 bits per heavy atom. The molecule has 0 fully saturated rings. The minimum Gasteiger partial charge on any atom is -0.480 e. The molecule has 0 aliphatic heterocycles. The zero-order chi connectivity index (χ0) is 14.0. The Morgan fingerprint density at radius 1 is 1.06 bits per heavy atom. The predicted molar refractivity (Wildman–Crippen MR) is 71.6 cm³/mol. The lowest BCUT2D eigenvalue weighted by Crippen LogP contribution is -2.48.